The summed E-state index contributed by atoms with van der Waals surface area (Å²) >= 11 is 2.85. The second kappa shape index (κ2) is 2.88. The molecule has 0 heterocycles. The number of rotatable bonds is 1. The summed E-state index contributed by atoms with van der Waals surface area (Å²) in [4.78, 5) is 9.55. The predicted octanol–water partition coefficient (Wildman–Crippen LogP) is 1.25. The lowest BCUT2D eigenvalue weighted by Gasteiger charge is -1.64. The third kappa shape index (κ3) is 1.94. The molecule has 32 valence electrons. The molecule has 2 heteroatoms. The van der Waals surface area contributed by atoms with Gasteiger partial charge < -0.3 is 0 Å². The van der Waals surface area contributed by atoms with Crippen molar-refractivity contribution in [1.29, 1.82) is 0 Å². The molecule has 0 saturated carbocycles. The summed E-state index contributed by atoms with van der Waals surface area (Å²) < 4.78 is 0.363. The molecule has 6 heavy (non-hydrogen) atoms. The van der Waals surface area contributed by atoms with Crippen molar-refractivity contribution in [1.82, 2.24) is 0 Å². The van der Waals surface area contributed by atoms with E-state index < -0.39 is 0 Å². The fourth-order valence-electron chi connectivity index (χ4n) is 0.0417. The highest BCUT2D eigenvalue weighted by Gasteiger charge is 1.74. The molecule has 0 spiro atoms. The molecule has 0 aromatic rings. The lowest BCUT2D eigenvalue weighted by molar-refractivity contribution is -0.104. The van der Waals surface area contributed by atoms with Crippen LogP contribution in [0, 0.1) is 0 Å². The van der Waals surface area contributed by atoms with Crippen LogP contribution in [0.25, 0.3) is 0 Å². The van der Waals surface area contributed by atoms with E-state index in [1.54, 1.807) is 0 Å². The molecular weight excluding hydrogens is 144 g/mol. The van der Waals surface area contributed by atoms with E-state index in [0.29, 0.717) is 10.8 Å². The van der Waals surface area contributed by atoms with Crippen LogP contribution in [-0.4, -0.2) is 6.29 Å². The van der Waals surface area contributed by atoms with Crippen molar-refractivity contribution in [3.05, 3.63) is 16.8 Å². The van der Waals surface area contributed by atoms with Crippen molar-refractivity contribution in [3.8, 4) is 0 Å². The van der Waals surface area contributed by atoms with Crippen LogP contribution in [0.3, 0.4) is 0 Å². The molecule has 0 N–H and O–H groups in total. The minimum atomic E-state index is 0.363. The summed E-state index contributed by atoms with van der Waals surface area (Å²) in [6.45, 7) is 3.19. The average Bonchev–Trinajstić information content (AvgIpc) is 1.65. The van der Waals surface area contributed by atoms with Gasteiger partial charge >= 0.3 is 0 Å². The molecule has 0 bridgehead atoms. The first-order valence-corrected chi connectivity index (χ1v) is 2.11. The molecule has 0 aromatic carbocycles. The second-order valence-electron chi connectivity index (χ2n) is 0.643. The average molecular weight is 147 g/mol. The number of halogens is 1. The Labute approximate surface area is 44.5 Å². The lowest BCUT2D eigenvalue weighted by Crippen LogP contribution is -1.61. The molecule has 0 aliphatic carbocycles. The molecule has 0 aliphatic heterocycles. The molecule has 0 fully saturated rings. The van der Waals surface area contributed by atoms with Crippen molar-refractivity contribution in [3.63, 3.8) is 0 Å². The summed E-state index contributed by atoms with van der Waals surface area (Å²) in [6, 6.07) is 0. The van der Waals surface area contributed by atoms with Crippen molar-refractivity contribution < 1.29 is 4.79 Å². The number of hydrogen-bond donors (Lipinski definition) is 0. The van der Waals surface area contributed by atoms with E-state index in [1.165, 1.54) is 0 Å². The van der Waals surface area contributed by atoms with Crippen LogP contribution in [0.2, 0.25) is 0 Å². The van der Waals surface area contributed by atoms with Crippen LogP contribution in [0.4, 0.5) is 0 Å². The molecule has 1 nitrogen and oxygen atoms in total. The zero-order valence-corrected chi connectivity index (χ0v) is 4.66. The lowest BCUT2D eigenvalue weighted by atomic mass is 10.7. The molecule has 0 unspecified atom stereocenters. The number of carbonyl (C=O) groups excluding carboxylic acids is 1. The zero-order chi connectivity index (χ0) is 4.99. The second-order valence-corrected chi connectivity index (χ2v) is 1.50. The van der Waals surface area contributed by atoms with E-state index >= 15 is 0 Å². The van der Waals surface area contributed by atoms with Gasteiger partial charge in [0.05, 0.1) is 4.48 Å². The van der Waals surface area contributed by atoms with E-state index in [1.807, 2.05) is 0 Å². The van der Waals surface area contributed by atoms with Crippen LogP contribution in [-0.2, 0) is 4.79 Å². The van der Waals surface area contributed by atoms with Gasteiger partial charge in [0.15, 0.2) is 6.29 Å². The van der Waals surface area contributed by atoms with Gasteiger partial charge in [0.1, 0.15) is 0 Å². The van der Waals surface area contributed by atoms with Crippen molar-refractivity contribution >= 4 is 22.2 Å². The highest BCUT2D eigenvalue weighted by atomic mass is 79.9. The largest absolute Gasteiger partial charge is 0.297 e. The van der Waals surface area contributed by atoms with Crippen LogP contribution in [0.5, 0.6) is 0 Å². The Bertz CT molecular complexity index is 100. The van der Waals surface area contributed by atoms with Gasteiger partial charge in [0.25, 0.3) is 0 Å². The van der Waals surface area contributed by atoms with Gasteiger partial charge in [-0.1, -0.05) is 6.58 Å². The normalized spacial score (nSPS) is 6.17. The maximum absolute atomic E-state index is 9.55. The van der Waals surface area contributed by atoms with Gasteiger partial charge in [0.2, 0.25) is 0 Å². The molecule has 0 amide bonds. The van der Waals surface area contributed by atoms with E-state index in [9.17, 15) is 4.79 Å². The van der Waals surface area contributed by atoms with Gasteiger partial charge in [-0.2, -0.15) is 0 Å². The Morgan fingerprint density at radius 3 is 2.50 bits per heavy atom. The Balaban J connectivity index is 3.86. The fraction of sp³-hybridized carbons (Fsp3) is 0. The number of allylic oxidation sites excluding steroid dienone is 1. The third-order valence-electron chi connectivity index (χ3n) is 0.272. The van der Waals surface area contributed by atoms with Crippen molar-refractivity contribution in [2.24, 2.45) is 0 Å². The minimum Gasteiger partial charge on any atom is -0.297 e. The van der Waals surface area contributed by atoms with E-state index in [2.05, 4.69) is 28.2 Å². The fourth-order valence-corrected chi connectivity index (χ4v) is 0.0417. The Kier molecular flexibility index (Phi) is 2.73. The van der Waals surface area contributed by atoms with E-state index in [-0.39, 0.29) is 0 Å². The van der Waals surface area contributed by atoms with E-state index in [0.717, 1.165) is 0 Å². The first-order chi connectivity index (χ1) is 2.81. The third-order valence-corrected chi connectivity index (χ3v) is 0.740. The van der Waals surface area contributed by atoms with Crippen LogP contribution >= 0.6 is 15.9 Å². The summed E-state index contributed by atoms with van der Waals surface area (Å²) in [5.41, 5.74) is 2.33. The Morgan fingerprint density at radius 2 is 2.50 bits per heavy atom. The standard InChI is InChI=1S/C4H3BrO/c1-2-4(5)3-6/h3H,1H2. The highest BCUT2D eigenvalue weighted by Crippen LogP contribution is 1.93. The first kappa shape index (κ1) is 5.67. The van der Waals surface area contributed by atoms with Gasteiger partial charge in [-0.25, -0.2) is 0 Å². The Morgan fingerprint density at radius 1 is 2.00 bits per heavy atom. The SMILES string of the molecule is C=C=C(Br)C=O. The zero-order valence-electron chi connectivity index (χ0n) is 3.07. The van der Waals surface area contributed by atoms with Crippen LogP contribution < -0.4 is 0 Å². The highest BCUT2D eigenvalue weighted by molar-refractivity contribution is 9.12. The summed E-state index contributed by atoms with van der Waals surface area (Å²) in [6.07, 6.45) is 0.632. The molecule has 0 radical (unpaired) electrons. The van der Waals surface area contributed by atoms with Gasteiger partial charge in [-0.15, -0.1) is 5.73 Å². The number of hydrogen-bond acceptors (Lipinski definition) is 1. The number of carbonyl (C=O) groups is 1. The summed E-state index contributed by atoms with van der Waals surface area (Å²) in [7, 11) is 0. The van der Waals surface area contributed by atoms with Gasteiger partial charge in [0, 0.05) is 0 Å². The van der Waals surface area contributed by atoms with E-state index in [4.69, 9.17) is 0 Å². The smallest absolute Gasteiger partial charge is 0.164 e. The summed E-state index contributed by atoms with van der Waals surface area (Å²) in [5.74, 6) is 0. The maximum atomic E-state index is 9.55. The minimum absolute atomic E-state index is 0.363. The van der Waals surface area contributed by atoms with Gasteiger partial charge in [-0.05, 0) is 15.9 Å². The quantitative estimate of drug-likeness (QED) is 0.310. The topological polar surface area (TPSA) is 17.1 Å². The molecule has 0 saturated heterocycles. The molecule has 0 aromatic heterocycles. The molecular formula is C4H3BrO. The van der Waals surface area contributed by atoms with Gasteiger partial charge in [-0.3, -0.25) is 4.79 Å². The predicted molar refractivity (Wildman–Crippen MR) is 27.6 cm³/mol. The summed E-state index contributed by atoms with van der Waals surface area (Å²) in [5, 5.41) is 0. The Hall–Kier alpha value is -0.330. The first-order valence-electron chi connectivity index (χ1n) is 1.32. The van der Waals surface area contributed by atoms with Crippen molar-refractivity contribution in [2.75, 3.05) is 0 Å². The van der Waals surface area contributed by atoms with Crippen molar-refractivity contribution in [2.45, 2.75) is 0 Å². The molecule has 0 atom stereocenters. The monoisotopic (exact) mass is 146 g/mol. The van der Waals surface area contributed by atoms with Crippen LogP contribution in [0.1, 0.15) is 0 Å². The molecule has 0 aliphatic rings. The maximum Gasteiger partial charge on any atom is 0.164 e. The molecule has 0 rings (SSSR count). The van der Waals surface area contributed by atoms with Crippen LogP contribution in [0.15, 0.2) is 16.8 Å². The number of aldehydes is 1.